The van der Waals surface area contributed by atoms with Crippen LogP contribution in [0.3, 0.4) is 0 Å². The van der Waals surface area contributed by atoms with Gasteiger partial charge in [0.2, 0.25) is 0 Å². The van der Waals surface area contributed by atoms with Crippen molar-refractivity contribution in [3.05, 3.63) is 52.5 Å². The summed E-state index contributed by atoms with van der Waals surface area (Å²) in [6.45, 7) is 3.17. The van der Waals surface area contributed by atoms with E-state index in [1.165, 1.54) is 0 Å². The van der Waals surface area contributed by atoms with Gasteiger partial charge in [-0.25, -0.2) is 9.10 Å². The molecule has 0 aliphatic carbocycles. The third kappa shape index (κ3) is 6.32. The van der Waals surface area contributed by atoms with Gasteiger partial charge in [-0.1, -0.05) is 42.1 Å². The second-order valence-electron chi connectivity index (χ2n) is 7.07. The number of anilines is 2. The Kier molecular flexibility index (Phi) is 8.54. The van der Waals surface area contributed by atoms with Gasteiger partial charge < -0.3 is 20.3 Å². The van der Waals surface area contributed by atoms with Crippen LogP contribution in [0.1, 0.15) is 19.3 Å². The van der Waals surface area contributed by atoms with E-state index in [2.05, 4.69) is 22.6 Å². The van der Waals surface area contributed by atoms with E-state index in [1.54, 1.807) is 24.3 Å². The van der Waals surface area contributed by atoms with E-state index in [-0.39, 0.29) is 0 Å². The van der Waals surface area contributed by atoms with Crippen molar-refractivity contribution in [2.75, 3.05) is 35.4 Å². The maximum atomic E-state index is 11.2. The molecule has 0 saturated carbocycles. The molecule has 0 bridgehead atoms. The number of carbonyl (C=O) groups is 1. The highest BCUT2D eigenvalue weighted by molar-refractivity contribution is 7.82. The Bertz CT molecular complexity index is 947. The van der Waals surface area contributed by atoms with Crippen molar-refractivity contribution in [3.63, 3.8) is 0 Å². The van der Waals surface area contributed by atoms with E-state index in [1.807, 2.05) is 18.2 Å². The first-order valence-electron chi connectivity index (χ1n) is 9.89. The second-order valence-corrected chi connectivity index (χ2v) is 8.68. The molecule has 3 rings (SSSR count). The molecule has 1 aliphatic heterocycles. The van der Waals surface area contributed by atoms with Crippen molar-refractivity contribution in [1.82, 2.24) is 4.90 Å². The largest absolute Gasteiger partial charge is 0.494 e. The van der Waals surface area contributed by atoms with E-state index in [9.17, 15) is 4.79 Å². The molecule has 1 heterocycles. The molecule has 2 amide bonds. The molecule has 31 heavy (non-hydrogen) atoms. The number of nitrogens with zero attached hydrogens (tertiary/aromatic N) is 3. The van der Waals surface area contributed by atoms with Gasteiger partial charge in [0, 0.05) is 30.7 Å². The molecule has 1 saturated heterocycles. The average Bonchev–Trinajstić information content (AvgIpc) is 3.10. The van der Waals surface area contributed by atoms with Gasteiger partial charge in [-0.2, -0.15) is 0 Å². The molecule has 6 nitrogen and oxygen atoms in total. The van der Waals surface area contributed by atoms with Crippen LogP contribution in [-0.4, -0.2) is 42.3 Å². The molecule has 0 spiro atoms. The molecule has 1 fully saturated rings. The lowest BCUT2D eigenvalue weighted by molar-refractivity contribution is 0.257. The van der Waals surface area contributed by atoms with Gasteiger partial charge in [0.15, 0.2) is 5.11 Å². The van der Waals surface area contributed by atoms with E-state index < -0.39 is 6.03 Å². The predicted octanol–water partition coefficient (Wildman–Crippen LogP) is 5.38. The van der Waals surface area contributed by atoms with E-state index in [0.29, 0.717) is 28.1 Å². The zero-order valence-electron chi connectivity index (χ0n) is 16.8. The number of halogens is 2. The lowest BCUT2D eigenvalue weighted by Gasteiger charge is -2.22. The van der Waals surface area contributed by atoms with Crippen LogP contribution < -0.4 is 19.7 Å². The minimum Gasteiger partial charge on any atom is -0.494 e. The van der Waals surface area contributed by atoms with E-state index >= 15 is 0 Å². The van der Waals surface area contributed by atoms with Gasteiger partial charge in [-0.15, -0.1) is 0 Å². The minimum absolute atomic E-state index is 0.571. The number of hydrogen-bond acceptors (Lipinski definition) is 4. The smallest absolute Gasteiger partial charge is 0.329 e. The van der Waals surface area contributed by atoms with Crippen molar-refractivity contribution in [2.45, 2.75) is 19.3 Å². The zero-order chi connectivity index (χ0) is 22.4. The number of thiol groups is 1. The molecule has 1 aliphatic rings. The van der Waals surface area contributed by atoms with Crippen molar-refractivity contribution >= 4 is 70.8 Å². The number of nitrogens with two attached hydrogens (primary N) is 1. The Balaban J connectivity index is 1.38. The number of urea groups is 1. The third-order valence-electron chi connectivity index (χ3n) is 4.91. The Labute approximate surface area is 203 Å². The standard InChI is InChI=1S/C21H24Cl2N4O2S2/c22-15-7-8-19(18(23)13-15)26-11-10-25(21(26)30)9-2-1-3-12-29-17-6-4-5-16(14-17)27(31)20(24)28/h4-8,13-14,31H,1-3,9-12H2,(H2,24,28). The summed E-state index contributed by atoms with van der Waals surface area (Å²) >= 11 is 22.0. The molecule has 2 aromatic rings. The van der Waals surface area contributed by atoms with Crippen molar-refractivity contribution in [2.24, 2.45) is 5.73 Å². The monoisotopic (exact) mass is 498 g/mol. The Morgan fingerprint density at radius 2 is 1.97 bits per heavy atom. The lowest BCUT2D eigenvalue weighted by atomic mass is 10.2. The SMILES string of the molecule is NC(=O)N(S)c1cccc(OCCCCCN2CCN(c3ccc(Cl)cc3Cl)C2=S)c1. The highest BCUT2D eigenvalue weighted by Gasteiger charge is 2.26. The summed E-state index contributed by atoms with van der Waals surface area (Å²) in [5, 5.41) is 2.01. The average molecular weight is 499 g/mol. The number of unbranched alkanes of at least 4 members (excludes halogenated alkanes) is 2. The van der Waals surface area contributed by atoms with Gasteiger partial charge in [-0.05, 0) is 61.8 Å². The van der Waals surface area contributed by atoms with Crippen LogP contribution in [-0.2, 0) is 0 Å². The fourth-order valence-corrected chi connectivity index (χ4v) is 4.32. The van der Waals surface area contributed by atoms with Crippen LogP contribution in [0.4, 0.5) is 16.2 Å². The summed E-state index contributed by atoms with van der Waals surface area (Å²) in [5.74, 6) is 0.675. The first-order chi connectivity index (χ1) is 14.9. The number of rotatable bonds is 9. The number of thiocarbonyl (C=S) groups is 1. The predicted molar refractivity (Wildman–Crippen MR) is 135 cm³/mol. The number of primary amides is 1. The minimum atomic E-state index is -0.641. The quantitative estimate of drug-likeness (QED) is 0.276. The van der Waals surface area contributed by atoms with Crippen molar-refractivity contribution < 1.29 is 9.53 Å². The lowest BCUT2D eigenvalue weighted by Crippen LogP contribution is -2.32. The van der Waals surface area contributed by atoms with Crippen LogP contribution in [0.15, 0.2) is 42.5 Å². The zero-order valence-corrected chi connectivity index (χ0v) is 20.1. The molecule has 0 atom stereocenters. The Morgan fingerprint density at radius 3 is 2.71 bits per heavy atom. The summed E-state index contributed by atoms with van der Waals surface area (Å²) in [6.07, 6.45) is 2.94. The molecule has 0 unspecified atom stereocenters. The number of hydrogen-bond donors (Lipinski definition) is 2. The van der Waals surface area contributed by atoms with Gasteiger partial charge in [0.05, 0.1) is 23.0 Å². The molecular formula is C21H24Cl2N4O2S2. The molecule has 10 heteroatoms. The van der Waals surface area contributed by atoms with Crippen LogP contribution in [0.2, 0.25) is 10.0 Å². The van der Waals surface area contributed by atoms with Crippen LogP contribution >= 0.6 is 48.2 Å². The Morgan fingerprint density at radius 1 is 1.16 bits per heavy atom. The first-order valence-corrected chi connectivity index (χ1v) is 11.5. The van der Waals surface area contributed by atoms with Gasteiger partial charge in [0.25, 0.3) is 0 Å². The summed E-state index contributed by atoms with van der Waals surface area (Å²) in [7, 11) is 0. The van der Waals surface area contributed by atoms with Gasteiger partial charge in [-0.3, -0.25) is 0 Å². The molecular weight excluding hydrogens is 475 g/mol. The van der Waals surface area contributed by atoms with Crippen molar-refractivity contribution in [3.8, 4) is 5.75 Å². The highest BCUT2D eigenvalue weighted by atomic mass is 35.5. The molecule has 0 radical (unpaired) electrons. The molecule has 166 valence electrons. The summed E-state index contributed by atoms with van der Waals surface area (Å²) in [4.78, 5) is 15.5. The Hall–Kier alpha value is -1.87. The number of amides is 2. The number of benzene rings is 2. The number of carbonyl (C=O) groups excluding carboxylic acids is 1. The molecule has 2 N–H and O–H groups in total. The molecule has 0 aromatic heterocycles. The fraction of sp³-hybridized carbons (Fsp3) is 0.333. The topological polar surface area (TPSA) is 62.0 Å². The summed E-state index contributed by atoms with van der Waals surface area (Å²) < 4.78 is 6.86. The maximum Gasteiger partial charge on any atom is 0.329 e. The van der Waals surface area contributed by atoms with E-state index in [0.717, 1.165) is 54.0 Å². The molecule has 2 aromatic carbocycles. The van der Waals surface area contributed by atoms with Gasteiger partial charge >= 0.3 is 6.03 Å². The van der Waals surface area contributed by atoms with Crippen LogP contribution in [0.5, 0.6) is 5.75 Å². The maximum absolute atomic E-state index is 11.2. The van der Waals surface area contributed by atoms with Crippen molar-refractivity contribution in [1.29, 1.82) is 0 Å². The van der Waals surface area contributed by atoms with Gasteiger partial charge in [0.1, 0.15) is 5.75 Å². The van der Waals surface area contributed by atoms with E-state index in [4.69, 9.17) is 45.9 Å². The first kappa shape index (κ1) is 23.8. The van der Waals surface area contributed by atoms with Crippen LogP contribution in [0.25, 0.3) is 0 Å². The van der Waals surface area contributed by atoms with Crippen LogP contribution in [0, 0.1) is 0 Å². The second kappa shape index (κ2) is 11.1. The number of ether oxygens (including phenoxy) is 1. The summed E-state index contributed by atoms with van der Waals surface area (Å²) in [5.41, 5.74) is 6.70. The third-order valence-corrected chi connectivity index (χ3v) is 6.35. The fourth-order valence-electron chi connectivity index (χ4n) is 3.32. The normalized spacial score (nSPS) is 13.6. The highest BCUT2D eigenvalue weighted by Crippen LogP contribution is 2.31. The summed E-state index contributed by atoms with van der Waals surface area (Å²) in [6, 6.07) is 11.9.